The van der Waals surface area contributed by atoms with Crippen LogP contribution >= 0.6 is 12.6 Å². The quantitative estimate of drug-likeness (QED) is 0.444. The fourth-order valence-corrected chi connectivity index (χ4v) is 4.47. The van der Waals surface area contributed by atoms with Gasteiger partial charge in [-0.25, -0.2) is 0 Å². The first-order valence-electron chi connectivity index (χ1n) is 8.79. The highest BCUT2D eigenvalue weighted by Gasteiger charge is 2.41. The van der Waals surface area contributed by atoms with Crippen molar-refractivity contribution in [3.05, 3.63) is 113 Å². The van der Waals surface area contributed by atoms with Crippen molar-refractivity contribution in [2.24, 2.45) is 0 Å². The average molecular weight is 354 g/mol. The van der Waals surface area contributed by atoms with Crippen molar-refractivity contribution in [3.8, 4) is 0 Å². The lowest BCUT2D eigenvalue weighted by Crippen LogP contribution is -2.34. The van der Waals surface area contributed by atoms with Gasteiger partial charge < -0.3 is 5.11 Å². The first-order valence-corrected chi connectivity index (χ1v) is 9.24. The van der Waals surface area contributed by atoms with E-state index in [0.29, 0.717) is 0 Å². The van der Waals surface area contributed by atoms with Crippen LogP contribution in [0.2, 0.25) is 0 Å². The van der Waals surface area contributed by atoms with Crippen molar-refractivity contribution in [1.82, 2.24) is 0 Å². The molecule has 4 aromatic rings. The standard InChI is InChI=1S/C24H18OS/c25-24(22-11-5-8-16-6-1-3-9-20(16)22)21-10-4-2-7-17(21)14-18-12-13-19(26)15-23(18)24/h1-13,15,25-26H,14H2. The van der Waals surface area contributed by atoms with E-state index in [9.17, 15) is 5.11 Å². The molecule has 0 aliphatic heterocycles. The minimum Gasteiger partial charge on any atom is -0.376 e. The van der Waals surface area contributed by atoms with Gasteiger partial charge in [-0.1, -0.05) is 72.8 Å². The maximum atomic E-state index is 12.2. The molecule has 1 N–H and O–H groups in total. The van der Waals surface area contributed by atoms with Crippen LogP contribution < -0.4 is 0 Å². The van der Waals surface area contributed by atoms with E-state index >= 15 is 0 Å². The van der Waals surface area contributed by atoms with E-state index in [4.69, 9.17) is 0 Å². The van der Waals surface area contributed by atoms with E-state index in [1.165, 1.54) is 5.56 Å². The summed E-state index contributed by atoms with van der Waals surface area (Å²) in [6.07, 6.45) is 0.826. The number of aliphatic hydroxyl groups is 1. The smallest absolute Gasteiger partial charge is 0.141 e. The summed E-state index contributed by atoms with van der Waals surface area (Å²) < 4.78 is 0. The third-order valence-corrected chi connectivity index (χ3v) is 5.73. The van der Waals surface area contributed by atoms with E-state index in [-0.39, 0.29) is 0 Å². The van der Waals surface area contributed by atoms with E-state index in [2.05, 4.69) is 43.0 Å². The van der Waals surface area contributed by atoms with Crippen LogP contribution in [0.15, 0.2) is 89.8 Å². The Labute approximate surface area is 158 Å². The van der Waals surface area contributed by atoms with Crippen molar-refractivity contribution in [1.29, 1.82) is 0 Å². The average Bonchev–Trinajstić information content (AvgIpc) is 2.68. The van der Waals surface area contributed by atoms with Gasteiger partial charge >= 0.3 is 0 Å². The zero-order valence-corrected chi connectivity index (χ0v) is 15.1. The fourth-order valence-electron chi connectivity index (χ4n) is 4.26. The summed E-state index contributed by atoms with van der Waals surface area (Å²) >= 11 is 4.54. The predicted molar refractivity (Wildman–Crippen MR) is 109 cm³/mol. The molecule has 0 spiro atoms. The fraction of sp³-hybridized carbons (Fsp3) is 0.0833. The van der Waals surface area contributed by atoms with Crippen LogP contribution in [0, 0.1) is 0 Å². The van der Waals surface area contributed by atoms with E-state index in [0.717, 1.165) is 44.3 Å². The lowest BCUT2D eigenvalue weighted by Gasteiger charge is -2.38. The number of fused-ring (bicyclic) bond motifs is 3. The maximum absolute atomic E-state index is 12.2. The molecule has 126 valence electrons. The summed E-state index contributed by atoms with van der Waals surface area (Å²) in [6, 6.07) is 28.7. The third kappa shape index (κ3) is 2.16. The summed E-state index contributed by atoms with van der Waals surface area (Å²) in [5.74, 6) is 0. The lowest BCUT2D eigenvalue weighted by molar-refractivity contribution is 0.122. The molecule has 0 saturated heterocycles. The molecule has 0 amide bonds. The van der Waals surface area contributed by atoms with Gasteiger partial charge in [0.15, 0.2) is 0 Å². The highest BCUT2D eigenvalue weighted by molar-refractivity contribution is 7.80. The number of benzene rings is 4. The lowest BCUT2D eigenvalue weighted by atomic mass is 9.70. The van der Waals surface area contributed by atoms with Crippen molar-refractivity contribution in [2.45, 2.75) is 16.9 Å². The maximum Gasteiger partial charge on any atom is 0.141 e. The van der Waals surface area contributed by atoms with E-state index in [1.54, 1.807) is 0 Å². The first-order chi connectivity index (χ1) is 12.7. The van der Waals surface area contributed by atoms with Gasteiger partial charge in [-0.15, -0.1) is 12.6 Å². The van der Waals surface area contributed by atoms with Crippen LogP contribution in [0.25, 0.3) is 10.8 Å². The molecule has 1 aliphatic carbocycles. The molecule has 0 bridgehead atoms. The number of thiol groups is 1. The van der Waals surface area contributed by atoms with Crippen LogP contribution in [-0.4, -0.2) is 5.11 Å². The molecule has 1 nitrogen and oxygen atoms in total. The zero-order valence-electron chi connectivity index (χ0n) is 14.2. The van der Waals surface area contributed by atoms with E-state index in [1.807, 2.05) is 54.6 Å². The normalized spacial score (nSPS) is 18.4. The minimum atomic E-state index is -1.19. The molecule has 26 heavy (non-hydrogen) atoms. The van der Waals surface area contributed by atoms with Gasteiger partial charge in [0.1, 0.15) is 5.60 Å². The molecule has 2 heteroatoms. The highest BCUT2D eigenvalue weighted by Crippen LogP contribution is 2.46. The van der Waals surface area contributed by atoms with Crippen LogP contribution in [0.5, 0.6) is 0 Å². The Kier molecular flexibility index (Phi) is 3.46. The SMILES string of the molecule is OC1(c2cccc3ccccc23)c2ccccc2Cc2ccc(S)cc21. The molecule has 4 aromatic carbocycles. The van der Waals surface area contributed by atoms with E-state index < -0.39 is 5.60 Å². The van der Waals surface area contributed by atoms with Gasteiger partial charge in [-0.05, 0) is 51.6 Å². The molecular weight excluding hydrogens is 336 g/mol. The van der Waals surface area contributed by atoms with Crippen molar-refractivity contribution >= 4 is 23.4 Å². The molecule has 0 heterocycles. The van der Waals surface area contributed by atoms with Gasteiger partial charge in [0, 0.05) is 10.5 Å². The van der Waals surface area contributed by atoms with Crippen LogP contribution in [0.1, 0.15) is 27.8 Å². The molecule has 0 fully saturated rings. The Morgan fingerprint density at radius 3 is 2.31 bits per heavy atom. The van der Waals surface area contributed by atoms with Crippen molar-refractivity contribution < 1.29 is 5.11 Å². The van der Waals surface area contributed by atoms with Crippen molar-refractivity contribution in [3.63, 3.8) is 0 Å². The number of hydrogen-bond acceptors (Lipinski definition) is 2. The Morgan fingerprint density at radius 1 is 0.692 bits per heavy atom. The Bertz CT molecular complexity index is 1140. The van der Waals surface area contributed by atoms with Gasteiger partial charge in [0.25, 0.3) is 0 Å². The van der Waals surface area contributed by atoms with Gasteiger partial charge in [-0.2, -0.15) is 0 Å². The van der Waals surface area contributed by atoms with Gasteiger partial charge in [-0.3, -0.25) is 0 Å². The number of rotatable bonds is 1. The van der Waals surface area contributed by atoms with Gasteiger partial charge in [0.05, 0.1) is 0 Å². The second-order valence-electron chi connectivity index (χ2n) is 6.91. The summed E-state index contributed by atoms with van der Waals surface area (Å²) in [7, 11) is 0. The molecule has 1 unspecified atom stereocenters. The number of hydrogen-bond donors (Lipinski definition) is 2. The summed E-state index contributed by atoms with van der Waals surface area (Å²) in [5.41, 5.74) is 3.94. The summed E-state index contributed by atoms with van der Waals surface area (Å²) in [6.45, 7) is 0. The molecular formula is C24H18OS. The van der Waals surface area contributed by atoms with Crippen LogP contribution in [-0.2, 0) is 12.0 Å². The largest absolute Gasteiger partial charge is 0.376 e. The molecule has 0 aromatic heterocycles. The summed E-state index contributed by atoms with van der Waals surface area (Å²) in [4.78, 5) is 0.863. The van der Waals surface area contributed by atoms with Crippen LogP contribution in [0.4, 0.5) is 0 Å². The monoisotopic (exact) mass is 354 g/mol. The van der Waals surface area contributed by atoms with Crippen molar-refractivity contribution in [2.75, 3.05) is 0 Å². The Balaban J connectivity index is 1.92. The molecule has 1 atom stereocenters. The molecule has 1 aliphatic rings. The molecule has 5 rings (SSSR count). The van der Waals surface area contributed by atoms with Crippen LogP contribution in [0.3, 0.4) is 0 Å². The Morgan fingerprint density at radius 2 is 1.38 bits per heavy atom. The Hall–Kier alpha value is -2.55. The zero-order chi connectivity index (χ0) is 17.7. The summed E-state index contributed by atoms with van der Waals surface area (Å²) in [5, 5.41) is 14.4. The third-order valence-electron chi connectivity index (χ3n) is 5.45. The first kappa shape index (κ1) is 15.7. The minimum absolute atomic E-state index is 0.826. The predicted octanol–water partition coefficient (Wildman–Crippen LogP) is 5.32. The second-order valence-corrected chi connectivity index (χ2v) is 7.43. The topological polar surface area (TPSA) is 20.2 Å². The molecule has 0 radical (unpaired) electrons. The molecule has 0 saturated carbocycles. The highest BCUT2D eigenvalue weighted by atomic mass is 32.1. The van der Waals surface area contributed by atoms with Gasteiger partial charge in [0.2, 0.25) is 0 Å². The second kappa shape index (κ2) is 5.73.